The molecule has 0 spiro atoms. The summed E-state index contributed by atoms with van der Waals surface area (Å²) in [6.07, 6.45) is 3.12. The first-order valence-electron chi connectivity index (χ1n) is 5.56. The van der Waals surface area contributed by atoms with Crippen LogP contribution >= 0.6 is 11.3 Å². The summed E-state index contributed by atoms with van der Waals surface area (Å²) < 4.78 is 26.8. The largest absolute Gasteiger partial charge is 0.386 e. The molecule has 0 atom stereocenters. The second-order valence-corrected chi connectivity index (χ2v) is 6.78. The summed E-state index contributed by atoms with van der Waals surface area (Å²) in [6, 6.07) is 3.34. The van der Waals surface area contributed by atoms with Gasteiger partial charge in [-0.25, -0.2) is 23.1 Å². The lowest BCUT2D eigenvalue weighted by Gasteiger charge is -2.09. The van der Waals surface area contributed by atoms with E-state index in [0.717, 1.165) is 9.88 Å². The summed E-state index contributed by atoms with van der Waals surface area (Å²) in [5.41, 5.74) is 0.468. The number of nitrogens with one attached hydrogen (secondary N) is 2. The molecule has 0 aliphatic rings. The Hall–Kier alpha value is -1.51. The highest BCUT2D eigenvalue weighted by Crippen LogP contribution is 2.18. The fourth-order valence-electron chi connectivity index (χ4n) is 1.52. The molecule has 2 N–H and O–H groups in total. The van der Waals surface area contributed by atoms with Gasteiger partial charge in [0.2, 0.25) is 0 Å². The van der Waals surface area contributed by atoms with Gasteiger partial charge < -0.3 is 5.32 Å². The zero-order valence-electron chi connectivity index (χ0n) is 10.5. The summed E-state index contributed by atoms with van der Waals surface area (Å²) in [6.45, 7) is 2.09. The molecule has 19 heavy (non-hydrogen) atoms. The number of hydrogen-bond donors (Lipinski definition) is 2. The van der Waals surface area contributed by atoms with Crippen molar-refractivity contribution in [2.45, 2.75) is 18.5 Å². The van der Waals surface area contributed by atoms with E-state index < -0.39 is 10.0 Å². The minimum atomic E-state index is -3.64. The molecule has 0 saturated heterocycles. The number of pyridine rings is 1. The summed E-state index contributed by atoms with van der Waals surface area (Å²) in [5.74, 6) is 0. The highest BCUT2D eigenvalue weighted by atomic mass is 32.2. The zero-order valence-corrected chi connectivity index (χ0v) is 12.2. The Morgan fingerprint density at radius 2 is 2.16 bits per heavy atom. The van der Waals surface area contributed by atoms with Crippen LogP contribution in [0.15, 0.2) is 29.6 Å². The highest BCUT2D eigenvalue weighted by molar-refractivity contribution is 7.89. The van der Waals surface area contributed by atoms with Gasteiger partial charge >= 0.3 is 0 Å². The van der Waals surface area contributed by atoms with Crippen LogP contribution in [0.25, 0.3) is 0 Å². The van der Waals surface area contributed by atoms with Gasteiger partial charge in [-0.15, -0.1) is 11.3 Å². The van der Waals surface area contributed by atoms with Crippen LogP contribution in [0.5, 0.6) is 0 Å². The second kappa shape index (κ2) is 5.64. The number of aryl methyl sites for hydroxylation is 1. The monoisotopic (exact) mass is 298 g/mol. The van der Waals surface area contributed by atoms with Crippen molar-refractivity contribution in [2.75, 3.05) is 12.4 Å². The van der Waals surface area contributed by atoms with Crippen LogP contribution in [-0.2, 0) is 16.6 Å². The predicted octanol–water partition coefficient (Wildman–Crippen LogP) is 1.37. The number of aromatic nitrogens is 2. The quantitative estimate of drug-likeness (QED) is 0.871. The van der Waals surface area contributed by atoms with Crippen molar-refractivity contribution in [2.24, 2.45) is 0 Å². The molecule has 0 amide bonds. The Kier molecular flexibility index (Phi) is 4.13. The van der Waals surface area contributed by atoms with Crippen molar-refractivity contribution < 1.29 is 8.42 Å². The molecule has 0 unspecified atom stereocenters. The maximum absolute atomic E-state index is 12.2. The van der Waals surface area contributed by atoms with E-state index in [2.05, 4.69) is 20.0 Å². The summed E-state index contributed by atoms with van der Waals surface area (Å²) in [7, 11) is -1.98. The van der Waals surface area contributed by atoms with Crippen molar-refractivity contribution in [3.05, 3.63) is 34.4 Å². The van der Waals surface area contributed by atoms with Gasteiger partial charge in [0.05, 0.1) is 10.7 Å². The van der Waals surface area contributed by atoms with E-state index in [0.29, 0.717) is 5.69 Å². The van der Waals surface area contributed by atoms with Crippen molar-refractivity contribution in [1.29, 1.82) is 0 Å². The second-order valence-electron chi connectivity index (χ2n) is 3.78. The Morgan fingerprint density at radius 1 is 1.37 bits per heavy atom. The minimum absolute atomic E-state index is 0.00117. The van der Waals surface area contributed by atoms with Crippen molar-refractivity contribution in [3.8, 4) is 0 Å². The van der Waals surface area contributed by atoms with Gasteiger partial charge in [0.25, 0.3) is 10.0 Å². The molecule has 2 aromatic rings. The van der Waals surface area contributed by atoms with Crippen LogP contribution in [0.3, 0.4) is 0 Å². The molecule has 0 bridgehead atoms. The molecule has 2 heterocycles. The molecular weight excluding hydrogens is 284 g/mol. The standard InChI is InChI=1S/C11H14N4O2S2/c1-8-14-6-9(18-8)7-15-19(16,17)11-10(12-2)4-3-5-13-11/h3-6,12,15H,7H2,1-2H3. The Bertz CT molecular complexity index is 667. The number of hydrogen-bond acceptors (Lipinski definition) is 6. The maximum Gasteiger partial charge on any atom is 0.260 e. The molecule has 2 aromatic heterocycles. The van der Waals surface area contributed by atoms with Crippen LogP contribution < -0.4 is 10.0 Å². The average molecular weight is 298 g/mol. The van der Waals surface area contributed by atoms with E-state index >= 15 is 0 Å². The van der Waals surface area contributed by atoms with Crippen LogP contribution in [0.2, 0.25) is 0 Å². The lowest BCUT2D eigenvalue weighted by atomic mass is 10.4. The van der Waals surface area contributed by atoms with Gasteiger partial charge in [0.1, 0.15) is 0 Å². The van der Waals surface area contributed by atoms with Crippen LogP contribution in [0.4, 0.5) is 5.69 Å². The normalized spacial score (nSPS) is 11.5. The molecule has 0 aliphatic heterocycles. The molecular formula is C11H14N4O2S2. The van der Waals surface area contributed by atoms with Gasteiger partial charge in [-0.2, -0.15) is 0 Å². The van der Waals surface area contributed by atoms with E-state index in [1.54, 1.807) is 25.4 Å². The summed E-state index contributed by atoms with van der Waals surface area (Å²) >= 11 is 1.46. The Balaban J connectivity index is 2.18. The SMILES string of the molecule is CNc1cccnc1S(=O)(=O)NCc1cnc(C)s1. The highest BCUT2D eigenvalue weighted by Gasteiger charge is 2.19. The van der Waals surface area contributed by atoms with Crippen molar-refractivity contribution in [1.82, 2.24) is 14.7 Å². The number of sulfonamides is 1. The molecule has 8 heteroatoms. The molecule has 0 aliphatic carbocycles. The first kappa shape index (κ1) is 13.9. The van der Waals surface area contributed by atoms with Crippen LogP contribution in [0, 0.1) is 6.92 Å². The molecule has 102 valence electrons. The van der Waals surface area contributed by atoms with Gasteiger partial charge in [0.15, 0.2) is 5.03 Å². The number of nitrogens with zero attached hydrogens (tertiary/aromatic N) is 2. The topological polar surface area (TPSA) is 84.0 Å². The van der Waals surface area contributed by atoms with E-state index in [4.69, 9.17) is 0 Å². The number of thiazole rings is 1. The molecule has 2 rings (SSSR count). The molecule has 0 aromatic carbocycles. The van der Waals surface area contributed by atoms with Crippen molar-refractivity contribution in [3.63, 3.8) is 0 Å². The third-order valence-electron chi connectivity index (χ3n) is 2.40. The Morgan fingerprint density at radius 3 is 2.79 bits per heavy atom. The number of anilines is 1. The predicted molar refractivity (Wildman–Crippen MR) is 74.7 cm³/mol. The lowest BCUT2D eigenvalue weighted by molar-refractivity contribution is 0.578. The Labute approximate surface area is 116 Å². The first-order chi connectivity index (χ1) is 9.03. The molecule has 6 nitrogen and oxygen atoms in total. The maximum atomic E-state index is 12.2. The summed E-state index contributed by atoms with van der Waals surface area (Å²) in [5, 5.41) is 3.72. The molecule has 0 fully saturated rings. The van der Waals surface area contributed by atoms with Gasteiger partial charge in [-0.1, -0.05) is 0 Å². The van der Waals surface area contributed by atoms with E-state index in [1.807, 2.05) is 6.92 Å². The van der Waals surface area contributed by atoms with E-state index in [1.165, 1.54) is 17.5 Å². The molecule has 0 saturated carbocycles. The fraction of sp³-hybridized carbons (Fsp3) is 0.273. The average Bonchev–Trinajstić information content (AvgIpc) is 2.82. The third-order valence-corrected chi connectivity index (χ3v) is 4.67. The van der Waals surface area contributed by atoms with E-state index in [9.17, 15) is 8.42 Å². The van der Waals surface area contributed by atoms with Crippen LogP contribution in [-0.4, -0.2) is 25.4 Å². The number of rotatable bonds is 5. The van der Waals surface area contributed by atoms with Crippen LogP contribution in [0.1, 0.15) is 9.88 Å². The van der Waals surface area contributed by atoms with E-state index in [-0.39, 0.29) is 11.6 Å². The summed E-state index contributed by atoms with van der Waals surface area (Å²) in [4.78, 5) is 8.86. The fourth-order valence-corrected chi connectivity index (χ4v) is 3.48. The third kappa shape index (κ3) is 3.28. The molecule has 0 radical (unpaired) electrons. The van der Waals surface area contributed by atoms with Gasteiger partial charge in [-0.3, -0.25) is 0 Å². The van der Waals surface area contributed by atoms with Gasteiger partial charge in [0, 0.05) is 30.9 Å². The lowest BCUT2D eigenvalue weighted by Crippen LogP contribution is -2.24. The zero-order chi connectivity index (χ0) is 13.9. The van der Waals surface area contributed by atoms with Crippen molar-refractivity contribution >= 4 is 27.0 Å². The minimum Gasteiger partial charge on any atom is -0.386 e. The first-order valence-corrected chi connectivity index (χ1v) is 7.86. The van der Waals surface area contributed by atoms with Gasteiger partial charge in [-0.05, 0) is 19.1 Å². The smallest absolute Gasteiger partial charge is 0.260 e.